The van der Waals surface area contributed by atoms with Gasteiger partial charge < -0.3 is 10.4 Å². The molecule has 0 aliphatic carbocycles. The van der Waals surface area contributed by atoms with Crippen LogP contribution in [0.3, 0.4) is 0 Å². The van der Waals surface area contributed by atoms with Crippen LogP contribution in [-0.2, 0) is 9.59 Å². The summed E-state index contributed by atoms with van der Waals surface area (Å²) in [7, 11) is 0. The van der Waals surface area contributed by atoms with Gasteiger partial charge in [0.2, 0.25) is 5.91 Å². The van der Waals surface area contributed by atoms with Crippen LogP contribution in [0, 0.1) is 11.7 Å². The number of aliphatic carboxylic acids is 1. The minimum Gasteiger partial charge on any atom is -0.481 e. The summed E-state index contributed by atoms with van der Waals surface area (Å²) in [5.74, 6) is -2.53. The summed E-state index contributed by atoms with van der Waals surface area (Å²) in [5, 5.41) is 11.6. The molecule has 1 aliphatic rings. The molecule has 5 heteroatoms. The highest BCUT2D eigenvalue weighted by molar-refractivity contribution is 5.82. The van der Waals surface area contributed by atoms with E-state index in [0.29, 0.717) is 5.56 Å². The standard InChI is InChI=1S/C12H12FNO3/c13-8-3-1-7(2-4-8)9-5-11(15)14-6-10(9)12(16)17/h1-4,9-10H,5-6H2,(H,14,15)(H,16,17)/t9-,10-/m1/s1. The second-order valence-electron chi connectivity index (χ2n) is 4.11. The molecule has 1 aromatic rings. The summed E-state index contributed by atoms with van der Waals surface area (Å²) in [6.07, 6.45) is 0.128. The zero-order valence-electron chi connectivity index (χ0n) is 9.02. The predicted octanol–water partition coefficient (Wildman–Crippen LogP) is 1.13. The molecule has 17 heavy (non-hydrogen) atoms. The monoisotopic (exact) mass is 237 g/mol. The number of benzene rings is 1. The molecule has 0 unspecified atom stereocenters. The summed E-state index contributed by atoms with van der Waals surface area (Å²) in [6.45, 7) is 0.121. The van der Waals surface area contributed by atoms with E-state index in [1.54, 1.807) is 0 Å². The molecule has 2 rings (SSSR count). The van der Waals surface area contributed by atoms with E-state index in [1.165, 1.54) is 24.3 Å². The zero-order valence-corrected chi connectivity index (χ0v) is 9.02. The Morgan fingerprint density at radius 2 is 2.00 bits per heavy atom. The van der Waals surface area contributed by atoms with E-state index in [0.717, 1.165) is 0 Å². The van der Waals surface area contributed by atoms with Crippen molar-refractivity contribution in [2.75, 3.05) is 6.54 Å². The van der Waals surface area contributed by atoms with Crippen LogP contribution in [0.15, 0.2) is 24.3 Å². The Kier molecular flexibility index (Phi) is 3.08. The molecule has 1 aromatic carbocycles. The second-order valence-corrected chi connectivity index (χ2v) is 4.11. The zero-order chi connectivity index (χ0) is 12.4. The SMILES string of the molecule is O=C1C[C@H](c2ccc(F)cc2)[C@H](C(=O)O)CN1. The Morgan fingerprint density at radius 1 is 1.35 bits per heavy atom. The number of carboxylic acids is 1. The van der Waals surface area contributed by atoms with Gasteiger partial charge in [0.1, 0.15) is 5.82 Å². The number of carboxylic acid groups (broad SMARTS) is 1. The lowest BCUT2D eigenvalue weighted by Gasteiger charge is -2.28. The highest BCUT2D eigenvalue weighted by Gasteiger charge is 2.35. The summed E-state index contributed by atoms with van der Waals surface area (Å²) in [6, 6.07) is 5.63. The van der Waals surface area contributed by atoms with Gasteiger partial charge >= 0.3 is 5.97 Å². The van der Waals surface area contributed by atoms with Gasteiger partial charge in [0.25, 0.3) is 0 Å². The Labute approximate surface area is 97.4 Å². The van der Waals surface area contributed by atoms with Gasteiger partial charge in [0.05, 0.1) is 5.92 Å². The van der Waals surface area contributed by atoms with Gasteiger partial charge in [-0.2, -0.15) is 0 Å². The van der Waals surface area contributed by atoms with E-state index in [1.807, 2.05) is 0 Å². The van der Waals surface area contributed by atoms with Crippen molar-refractivity contribution in [1.82, 2.24) is 5.32 Å². The third-order valence-electron chi connectivity index (χ3n) is 3.03. The summed E-state index contributed by atoms with van der Waals surface area (Å²) in [5.41, 5.74) is 0.689. The summed E-state index contributed by atoms with van der Waals surface area (Å²) >= 11 is 0. The second kappa shape index (κ2) is 4.53. The number of hydrogen-bond donors (Lipinski definition) is 2. The first-order chi connectivity index (χ1) is 8.08. The number of carbonyl (C=O) groups is 2. The van der Waals surface area contributed by atoms with Crippen LogP contribution in [0.4, 0.5) is 4.39 Å². The Morgan fingerprint density at radius 3 is 2.59 bits per heavy atom. The minimum absolute atomic E-state index is 0.121. The number of hydrogen-bond acceptors (Lipinski definition) is 2. The molecular formula is C12H12FNO3. The van der Waals surface area contributed by atoms with Crippen molar-refractivity contribution in [1.29, 1.82) is 0 Å². The van der Waals surface area contributed by atoms with Crippen molar-refractivity contribution in [2.45, 2.75) is 12.3 Å². The minimum atomic E-state index is -0.945. The molecule has 0 radical (unpaired) electrons. The van der Waals surface area contributed by atoms with Gasteiger partial charge in [0, 0.05) is 18.9 Å². The van der Waals surface area contributed by atoms with Crippen molar-refractivity contribution >= 4 is 11.9 Å². The Balaban J connectivity index is 2.28. The first-order valence-corrected chi connectivity index (χ1v) is 5.33. The van der Waals surface area contributed by atoms with Crippen LogP contribution in [0.25, 0.3) is 0 Å². The molecular weight excluding hydrogens is 225 g/mol. The van der Waals surface area contributed by atoms with E-state index < -0.39 is 11.9 Å². The van der Waals surface area contributed by atoms with E-state index in [-0.39, 0.29) is 30.6 Å². The van der Waals surface area contributed by atoms with E-state index in [9.17, 15) is 14.0 Å². The van der Waals surface area contributed by atoms with Crippen LogP contribution in [-0.4, -0.2) is 23.5 Å². The van der Waals surface area contributed by atoms with Crippen molar-refractivity contribution in [2.24, 2.45) is 5.92 Å². The fourth-order valence-corrected chi connectivity index (χ4v) is 2.10. The molecule has 1 fully saturated rings. The van der Waals surface area contributed by atoms with Gasteiger partial charge in [-0.05, 0) is 17.7 Å². The average molecular weight is 237 g/mol. The van der Waals surface area contributed by atoms with Crippen molar-refractivity contribution in [3.05, 3.63) is 35.6 Å². The molecule has 0 bridgehead atoms. The van der Waals surface area contributed by atoms with Gasteiger partial charge in [0.15, 0.2) is 0 Å². The molecule has 0 aromatic heterocycles. The topological polar surface area (TPSA) is 66.4 Å². The lowest BCUT2D eigenvalue weighted by atomic mass is 9.81. The van der Waals surface area contributed by atoms with Crippen LogP contribution in [0.2, 0.25) is 0 Å². The predicted molar refractivity (Wildman–Crippen MR) is 57.9 cm³/mol. The van der Waals surface area contributed by atoms with Gasteiger partial charge in [-0.15, -0.1) is 0 Å². The maximum Gasteiger partial charge on any atom is 0.308 e. The normalized spacial score (nSPS) is 24.2. The number of piperidine rings is 1. The first-order valence-electron chi connectivity index (χ1n) is 5.33. The molecule has 1 aliphatic heterocycles. The Hall–Kier alpha value is -1.91. The van der Waals surface area contributed by atoms with Crippen molar-refractivity contribution < 1.29 is 19.1 Å². The fourth-order valence-electron chi connectivity index (χ4n) is 2.10. The van der Waals surface area contributed by atoms with Gasteiger partial charge in [-0.25, -0.2) is 4.39 Å². The number of halogens is 1. The smallest absolute Gasteiger partial charge is 0.308 e. The van der Waals surface area contributed by atoms with Gasteiger partial charge in [-0.1, -0.05) is 12.1 Å². The van der Waals surface area contributed by atoms with Crippen molar-refractivity contribution in [3.8, 4) is 0 Å². The van der Waals surface area contributed by atoms with Crippen LogP contribution in [0.5, 0.6) is 0 Å². The van der Waals surface area contributed by atoms with E-state index in [2.05, 4.69) is 5.32 Å². The molecule has 2 atom stereocenters. The average Bonchev–Trinajstić information content (AvgIpc) is 2.29. The van der Waals surface area contributed by atoms with Crippen LogP contribution >= 0.6 is 0 Å². The van der Waals surface area contributed by atoms with Gasteiger partial charge in [-0.3, -0.25) is 9.59 Å². The molecule has 90 valence electrons. The number of carbonyl (C=O) groups excluding carboxylic acids is 1. The number of rotatable bonds is 2. The maximum absolute atomic E-state index is 12.8. The number of nitrogens with one attached hydrogen (secondary N) is 1. The third kappa shape index (κ3) is 2.43. The maximum atomic E-state index is 12.8. The summed E-state index contributed by atoms with van der Waals surface area (Å²) in [4.78, 5) is 22.4. The molecule has 0 saturated carbocycles. The Bertz CT molecular complexity index is 444. The third-order valence-corrected chi connectivity index (χ3v) is 3.03. The van der Waals surface area contributed by atoms with E-state index in [4.69, 9.17) is 5.11 Å². The highest BCUT2D eigenvalue weighted by atomic mass is 19.1. The van der Waals surface area contributed by atoms with Crippen LogP contribution in [0.1, 0.15) is 17.9 Å². The lowest BCUT2D eigenvalue weighted by molar-refractivity contribution is -0.144. The van der Waals surface area contributed by atoms with Crippen molar-refractivity contribution in [3.63, 3.8) is 0 Å². The first kappa shape index (κ1) is 11.6. The molecule has 1 amide bonds. The van der Waals surface area contributed by atoms with E-state index >= 15 is 0 Å². The largest absolute Gasteiger partial charge is 0.481 e. The molecule has 2 N–H and O–H groups in total. The summed E-state index contributed by atoms with van der Waals surface area (Å²) < 4.78 is 12.8. The highest BCUT2D eigenvalue weighted by Crippen LogP contribution is 2.30. The number of amides is 1. The molecule has 0 spiro atoms. The lowest BCUT2D eigenvalue weighted by Crippen LogP contribution is -2.43. The molecule has 1 heterocycles. The molecule has 4 nitrogen and oxygen atoms in total. The molecule has 1 saturated heterocycles. The van der Waals surface area contributed by atoms with Crippen LogP contribution < -0.4 is 5.32 Å². The quantitative estimate of drug-likeness (QED) is 0.810. The fraction of sp³-hybridized carbons (Fsp3) is 0.333.